The molecule has 0 aliphatic carbocycles. The quantitative estimate of drug-likeness (QED) is 0.309. The number of piperidine rings is 1. The molecule has 4 heterocycles. The summed E-state index contributed by atoms with van der Waals surface area (Å²) in [4.78, 5) is 8.96. The van der Waals surface area contributed by atoms with Crippen molar-refractivity contribution in [3.8, 4) is 6.07 Å². The lowest BCUT2D eigenvalue weighted by molar-refractivity contribution is -0.134. The fraction of sp³-hybridized carbons (Fsp3) is 0.483. The van der Waals surface area contributed by atoms with Crippen LogP contribution in [-0.4, -0.2) is 67.5 Å². The molecule has 0 saturated carbocycles. The summed E-state index contributed by atoms with van der Waals surface area (Å²) in [5, 5.41) is 17.7. The number of hydrogen-bond donors (Lipinski definition) is 1. The van der Waals surface area contributed by atoms with Gasteiger partial charge in [0.15, 0.2) is 0 Å². The van der Waals surface area contributed by atoms with Crippen molar-refractivity contribution >= 4 is 10.9 Å². The molecular weight excluding hydrogens is 517 g/mol. The van der Waals surface area contributed by atoms with E-state index in [1.807, 2.05) is 46.6 Å². The number of aromatic amines is 1. The lowest BCUT2D eigenvalue weighted by atomic mass is 10.0. The lowest BCUT2D eigenvalue weighted by Gasteiger charge is -2.33. The molecule has 212 valence electrons. The van der Waals surface area contributed by atoms with Crippen LogP contribution >= 0.6 is 0 Å². The molecule has 1 N–H and O–H groups in total. The minimum absolute atomic E-state index is 0.0960. The number of hydrogen-bond acceptors (Lipinski definition) is 5. The second kappa shape index (κ2) is 11.5. The van der Waals surface area contributed by atoms with Crippen molar-refractivity contribution in [3.63, 3.8) is 0 Å². The molecule has 5 rings (SSSR count). The number of halogens is 3. The zero-order chi connectivity index (χ0) is 28.4. The van der Waals surface area contributed by atoms with E-state index in [1.165, 1.54) is 11.1 Å². The first-order valence-electron chi connectivity index (χ1n) is 13.6. The largest absolute Gasteiger partial charge is 0.389 e. The number of nitrogens with one attached hydrogen (secondary N) is 1. The van der Waals surface area contributed by atoms with E-state index in [0.717, 1.165) is 54.6 Å². The Morgan fingerprint density at radius 3 is 2.60 bits per heavy atom. The topological polar surface area (TPSA) is 81.7 Å². The van der Waals surface area contributed by atoms with Crippen LogP contribution < -0.4 is 0 Å². The number of rotatable bonds is 9. The van der Waals surface area contributed by atoms with Crippen molar-refractivity contribution in [2.75, 3.05) is 27.2 Å². The molecule has 0 radical (unpaired) electrons. The van der Waals surface area contributed by atoms with Crippen LogP contribution in [0.5, 0.6) is 0 Å². The van der Waals surface area contributed by atoms with E-state index in [9.17, 15) is 18.4 Å². The number of imidazole rings is 1. The maximum atomic E-state index is 13.0. The first-order valence-corrected chi connectivity index (χ1v) is 13.6. The van der Waals surface area contributed by atoms with Crippen LogP contribution in [0.15, 0.2) is 36.8 Å². The van der Waals surface area contributed by atoms with Gasteiger partial charge in [-0.3, -0.25) is 10.00 Å². The Kier molecular flexibility index (Phi) is 8.01. The number of fused-ring (bicyclic) bond motifs is 1. The molecule has 0 amide bonds. The highest BCUT2D eigenvalue weighted by atomic mass is 19.4. The first-order chi connectivity index (χ1) is 19.1. The number of benzene rings is 1. The average molecular weight is 553 g/mol. The molecule has 4 aromatic rings. The molecule has 40 heavy (non-hydrogen) atoms. The Balaban J connectivity index is 1.28. The molecule has 1 saturated heterocycles. The van der Waals surface area contributed by atoms with Gasteiger partial charge in [0.05, 0.1) is 24.9 Å². The van der Waals surface area contributed by atoms with Crippen molar-refractivity contribution < 1.29 is 13.2 Å². The highest BCUT2D eigenvalue weighted by Gasteiger charge is 2.29. The predicted octanol–water partition coefficient (Wildman–Crippen LogP) is 5.18. The Hall–Kier alpha value is -3.62. The average Bonchev–Trinajstić information content (AvgIpc) is 3.64. The molecular formula is C29H35F3N8. The van der Waals surface area contributed by atoms with Crippen LogP contribution in [0.1, 0.15) is 59.2 Å². The number of likely N-dealkylation sites (tertiary alicyclic amines) is 1. The Bertz CT molecular complexity index is 1480. The maximum Gasteiger partial charge on any atom is 0.389 e. The van der Waals surface area contributed by atoms with Gasteiger partial charge in [-0.2, -0.15) is 23.5 Å². The summed E-state index contributed by atoms with van der Waals surface area (Å²) in [6, 6.07) is 8.68. The molecule has 1 fully saturated rings. The minimum atomic E-state index is -4.20. The monoisotopic (exact) mass is 552 g/mol. The summed E-state index contributed by atoms with van der Waals surface area (Å²) in [6.07, 6.45) is 2.12. The second-order valence-corrected chi connectivity index (χ2v) is 11.0. The van der Waals surface area contributed by atoms with Gasteiger partial charge >= 0.3 is 6.18 Å². The van der Waals surface area contributed by atoms with Gasteiger partial charge < -0.3 is 14.0 Å². The van der Waals surface area contributed by atoms with E-state index in [2.05, 4.69) is 45.2 Å². The molecule has 11 heteroatoms. The van der Waals surface area contributed by atoms with Gasteiger partial charge in [0.2, 0.25) is 0 Å². The van der Waals surface area contributed by atoms with Gasteiger partial charge in [0.25, 0.3) is 0 Å². The van der Waals surface area contributed by atoms with Gasteiger partial charge in [-0.05, 0) is 57.1 Å². The Morgan fingerprint density at radius 1 is 1.18 bits per heavy atom. The van der Waals surface area contributed by atoms with Crippen molar-refractivity contribution in [2.45, 2.75) is 64.5 Å². The van der Waals surface area contributed by atoms with E-state index in [1.54, 1.807) is 6.20 Å². The third-order valence-corrected chi connectivity index (χ3v) is 7.79. The van der Waals surface area contributed by atoms with E-state index in [-0.39, 0.29) is 12.5 Å². The Labute approximate surface area is 232 Å². The summed E-state index contributed by atoms with van der Waals surface area (Å²) in [7, 11) is 3.86. The van der Waals surface area contributed by atoms with Crippen molar-refractivity contribution in [1.82, 2.24) is 34.1 Å². The highest BCUT2D eigenvalue weighted by Crippen LogP contribution is 2.31. The molecule has 8 nitrogen and oxygen atoms in total. The standard InChI is InChI=1S/C29H35F3N8/c1-20-22(4-5-27-26(20)12-25(13-33)39(27)16-21-14-34-35-15-21)17-38-10-7-24(8-11-38)40-19-23(18-37(2)3)36-28(40)6-9-29(30,31)32/h4-5,12,14-15,19,24H,6-11,16-18H2,1-3H3,(H,34,35). The molecule has 0 atom stereocenters. The number of H-pyrrole nitrogens is 1. The number of alkyl halides is 3. The van der Waals surface area contributed by atoms with Gasteiger partial charge in [-0.1, -0.05) is 6.07 Å². The molecule has 0 unspecified atom stereocenters. The number of nitrogens with zero attached hydrogens (tertiary/aromatic N) is 7. The van der Waals surface area contributed by atoms with Gasteiger partial charge in [-0.25, -0.2) is 4.98 Å². The molecule has 0 bridgehead atoms. The van der Waals surface area contributed by atoms with Crippen LogP contribution in [0.25, 0.3) is 10.9 Å². The lowest BCUT2D eigenvalue weighted by Crippen LogP contribution is -2.34. The molecule has 1 aromatic carbocycles. The summed E-state index contributed by atoms with van der Waals surface area (Å²) in [5.74, 6) is 0.530. The third kappa shape index (κ3) is 6.24. The van der Waals surface area contributed by atoms with Gasteiger partial charge in [0, 0.05) is 67.5 Å². The van der Waals surface area contributed by atoms with E-state index >= 15 is 0 Å². The van der Waals surface area contributed by atoms with Crippen molar-refractivity contribution in [3.05, 3.63) is 70.7 Å². The van der Waals surface area contributed by atoms with E-state index in [4.69, 9.17) is 0 Å². The molecule has 1 aliphatic heterocycles. The summed E-state index contributed by atoms with van der Waals surface area (Å²) >= 11 is 0. The SMILES string of the molecule is Cc1c(CN2CCC(n3cc(CN(C)C)nc3CCC(F)(F)F)CC2)ccc2c1cc(C#N)n2Cc1cn[nH]c1. The maximum absolute atomic E-state index is 13.0. The summed E-state index contributed by atoms with van der Waals surface area (Å²) in [6.45, 7) is 5.78. The number of aromatic nitrogens is 5. The zero-order valence-corrected chi connectivity index (χ0v) is 23.2. The third-order valence-electron chi connectivity index (χ3n) is 7.79. The van der Waals surface area contributed by atoms with Crippen LogP contribution in [0.2, 0.25) is 0 Å². The number of nitriles is 1. The van der Waals surface area contributed by atoms with E-state index < -0.39 is 12.6 Å². The number of aryl methyl sites for hydroxylation is 2. The van der Waals surface area contributed by atoms with Crippen molar-refractivity contribution in [1.29, 1.82) is 5.26 Å². The van der Waals surface area contributed by atoms with Crippen LogP contribution in [0.3, 0.4) is 0 Å². The fourth-order valence-electron chi connectivity index (χ4n) is 5.74. The summed E-state index contributed by atoms with van der Waals surface area (Å²) in [5.41, 5.74) is 5.85. The van der Waals surface area contributed by atoms with Crippen molar-refractivity contribution in [2.24, 2.45) is 0 Å². The first kappa shape index (κ1) is 27.9. The van der Waals surface area contributed by atoms with Crippen LogP contribution in [-0.2, 0) is 26.1 Å². The normalized spacial score (nSPS) is 15.3. The highest BCUT2D eigenvalue weighted by molar-refractivity contribution is 5.86. The smallest absolute Gasteiger partial charge is 0.331 e. The van der Waals surface area contributed by atoms with Crippen LogP contribution in [0, 0.1) is 18.3 Å². The van der Waals surface area contributed by atoms with Gasteiger partial charge in [0.1, 0.15) is 17.6 Å². The summed E-state index contributed by atoms with van der Waals surface area (Å²) < 4.78 is 43.0. The van der Waals surface area contributed by atoms with E-state index in [0.29, 0.717) is 24.6 Å². The van der Waals surface area contributed by atoms with Crippen LogP contribution in [0.4, 0.5) is 13.2 Å². The van der Waals surface area contributed by atoms with Gasteiger partial charge in [-0.15, -0.1) is 0 Å². The molecule has 1 aliphatic rings. The zero-order valence-electron chi connectivity index (χ0n) is 23.2. The fourth-order valence-corrected chi connectivity index (χ4v) is 5.74. The second-order valence-electron chi connectivity index (χ2n) is 11.0. The predicted molar refractivity (Wildman–Crippen MR) is 147 cm³/mol. The minimum Gasteiger partial charge on any atom is -0.331 e. The Morgan fingerprint density at radius 2 is 1.95 bits per heavy atom. The molecule has 0 spiro atoms. The molecule has 3 aromatic heterocycles.